The van der Waals surface area contributed by atoms with E-state index in [1.54, 1.807) is 6.92 Å². The smallest absolute Gasteiger partial charge is 0.264 e. The Kier molecular flexibility index (Phi) is 4.86. The number of carbonyl (C=O) groups is 1. The Morgan fingerprint density at radius 3 is 2.75 bits per heavy atom. The molecule has 1 aromatic heterocycles. The molecular weight excluding hydrogens is 290 g/mol. The second-order valence-corrected chi connectivity index (χ2v) is 6.02. The quantitative estimate of drug-likeness (QED) is 0.850. The summed E-state index contributed by atoms with van der Waals surface area (Å²) in [7, 11) is 0. The van der Waals surface area contributed by atoms with Crippen LogP contribution in [-0.2, 0) is 0 Å². The Labute approximate surface area is 108 Å². The lowest BCUT2D eigenvalue weighted by molar-refractivity contribution is 0.0939. The Morgan fingerprint density at radius 2 is 2.25 bits per heavy atom. The van der Waals surface area contributed by atoms with Crippen LogP contribution in [0.25, 0.3) is 0 Å². The van der Waals surface area contributed by atoms with Crippen LogP contribution in [0.5, 0.6) is 0 Å². The number of halogens is 1. The van der Waals surface area contributed by atoms with Crippen LogP contribution in [0.4, 0.5) is 0 Å². The van der Waals surface area contributed by atoms with Crippen molar-refractivity contribution in [2.75, 3.05) is 11.9 Å². The molecule has 0 aliphatic heterocycles. The van der Waals surface area contributed by atoms with E-state index in [1.807, 2.05) is 0 Å². The van der Waals surface area contributed by atoms with Crippen molar-refractivity contribution in [1.82, 2.24) is 14.9 Å². The van der Waals surface area contributed by atoms with Gasteiger partial charge in [0.05, 0.1) is 5.69 Å². The number of rotatable bonds is 5. The van der Waals surface area contributed by atoms with Gasteiger partial charge in [0.15, 0.2) is 0 Å². The minimum Gasteiger partial charge on any atom is -0.351 e. The highest BCUT2D eigenvalue weighted by Crippen LogP contribution is 2.20. The molecule has 0 radical (unpaired) electrons. The molecule has 1 aromatic rings. The molecule has 1 N–H and O–H groups in total. The molecule has 6 heteroatoms. The van der Waals surface area contributed by atoms with Gasteiger partial charge in [0, 0.05) is 11.9 Å². The normalized spacial score (nSPS) is 11.5. The van der Waals surface area contributed by atoms with Gasteiger partial charge in [-0.25, -0.2) is 0 Å². The topological polar surface area (TPSA) is 54.9 Å². The van der Waals surface area contributed by atoms with E-state index in [2.05, 4.69) is 44.7 Å². The first-order chi connectivity index (χ1) is 7.46. The second kappa shape index (κ2) is 5.72. The van der Waals surface area contributed by atoms with Gasteiger partial charge >= 0.3 is 0 Å². The molecule has 1 heterocycles. The fourth-order valence-corrected chi connectivity index (χ4v) is 2.83. The van der Waals surface area contributed by atoms with Gasteiger partial charge < -0.3 is 5.32 Å². The predicted octanol–water partition coefficient (Wildman–Crippen LogP) is 2.39. The van der Waals surface area contributed by atoms with Crippen LogP contribution in [0.15, 0.2) is 0 Å². The van der Waals surface area contributed by atoms with Crippen LogP contribution >= 0.6 is 27.5 Å². The largest absolute Gasteiger partial charge is 0.351 e. The number of alkyl halides is 1. The molecule has 0 aromatic carbocycles. The van der Waals surface area contributed by atoms with E-state index in [-0.39, 0.29) is 11.3 Å². The molecule has 0 saturated carbocycles. The van der Waals surface area contributed by atoms with Gasteiger partial charge in [-0.2, -0.15) is 0 Å². The van der Waals surface area contributed by atoms with Crippen LogP contribution in [0.3, 0.4) is 0 Å². The average Bonchev–Trinajstić information content (AvgIpc) is 2.61. The molecule has 1 rings (SSSR count). The molecule has 0 aliphatic carbocycles. The maximum Gasteiger partial charge on any atom is 0.264 e. The minimum absolute atomic E-state index is 0.0739. The van der Waals surface area contributed by atoms with Crippen molar-refractivity contribution >= 4 is 33.4 Å². The highest BCUT2D eigenvalue weighted by Gasteiger charge is 2.20. The summed E-state index contributed by atoms with van der Waals surface area (Å²) in [6.07, 6.45) is 1.02. The summed E-state index contributed by atoms with van der Waals surface area (Å²) in [6, 6.07) is 0. The molecule has 0 saturated heterocycles. The Hall–Kier alpha value is -0.490. The molecule has 0 atom stereocenters. The lowest BCUT2D eigenvalue weighted by Crippen LogP contribution is -2.34. The molecule has 0 bridgehead atoms. The van der Waals surface area contributed by atoms with Gasteiger partial charge in [-0.1, -0.05) is 34.3 Å². The fourth-order valence-electron chi connectivity index (χ4n) is 1.18. The van der Waals surface area contributed by atoms with Crippen molar-refractivity contribution in [3.63, 3.8) is 0 Å². The molecule has 0 spiro atoms. The number of aromatic nitrogens is 2. The van der Waals surface area contributed by atoms with E-state index in [1.165, 1.54) is 0 Å². The van der Waals surface area contributed by atoms with Crippen molar-refractivity contribution in [2.45, 2.75) is 27.2 Å². The van der Waals surface area contributed by atoms with E-state index in [0.29, 0.717) is 17.1 Å². The summed E-state index contributed by atoms with van der Waals surface area (Å²) in [4.78, 5) is 12.4. The summed E-state index contributed by atoms with van der Waals surface area (Å²) in [5, 5.41) is 7.68. The molecule has 0 unspecified atom stereocenters. The first kappa shape index (κ1) is 13.6. The van der Waals surface area contributed by atoms with Crippen LogP contribution in [0.2, 0.25) is 0 Å². The van der Waals surface area contributed by atoms with E-state index in [9.17, 15) is 4.79 Å². The number of hydrogen-bond acceptors (Lipinski definition) is 4. The van der Waals surface area contributed by atoms with Crippen molar-refractivity contribution in [2.24, 2.45) is 5.41 Å². The summed E-state index contributed by atoms with van der Waals surface area (Å²) in [5.74, 6) is -0.0739. The number of nitrogens with one attached hydrogen (secondary N) is 1. The number of amides is 1. The van der Waals surface area contributed by atoms with Gasteiger partial charge in [-0.15, -0.1) is 5.10 Å². The average molecular weight is 306 g/mol. The maximum atomic E-state index is 11.8. The van der Waals surface area contributed by atoms with Gasteiger partial charge in [0.25, 0.3) is 5.91 Å². The molecule has 0 aliphatic rings. The van der Waals surface area contributed by atoms with Crippen molar-refractivity contribution < 1.29 is 4.79 Å². The summed E-state index contributed by atoms with van der Waals surface area (Å²) in [6.45, 7) is 6.72. The number of nitrogens with zero attached hydrogens (tertiary/aromatic N) is 2. The summed E-state index contributed by atoms with van der Waals surface area (Å²) < 4.78 is 3.75. The molecule has 90 valence electrons. The predicted molar refractivity (Wildman–Crippen MR) is 69.2 cm³/mol. The minimum atomic E-state index is -0.0739. The molecule has 1 amide bonds. The standard InChI is InChI=1S/C10H16BrN3OS/c1-7-8(16-14-13-7)9(15)12-6-10(2,3)4-5-11/h4-6H2,1-3H3,(H,12,15). The zero-order valence-corrected chi connectivity index (χ0v) is 12.1. The molecule has 4 nitrogen and oxygen atoms in total. The third kappa shape index (κ3) is 3.83. The lowest BCUT2D eigenvalue weighted by atomic mass is 9.90. The van der Waals surface area contributed by atoms with Gasteiger partial charge in [0.2, 0.25) is 0 Å². The van der Waals surface area contributed by atoms with E-state index >= 15 is 0 Å². The highest BCUT2D eigenvalue weighted by atomic mass is 79.9. The van der Waals surface area contributed by atoms with Gasteiger partial charge in [-0.05, 0) is 30.3 Å². The van der Waals surface area contributed by atoms with Crippen molar-refractivity contribution in [1.29, 1.82) is 0 Å². The second-order valence-electron chi connectivity index (χ2n) is 4.47. The number of carbonyl (C=O) groups excluding carboxylic acids is 1. The lowest BCUT2D eigenvalue weighted by Gasteiger charge is -2.23. The Bertz CT molecular complexity index is 365. The third-order valence-corrected chi connectivity index (χ3v) is 3.58. The Balaban J connectivity index is 2.51. The number of aryl methyl sites for hydroxylation is 1. The van der Waals surface area contributed by atoms with Crippen LogP contribution < -0.4 is 5.32 Å². The van der Waals surface area contributed by atoms with Crippen LogP contribution in [-0.4, -0.2) is 27.4 Å². The number of hydrogen-bond donors (Lipinski definition) is 1. The van der Waals surface area contributed by atoms with Gasteiger partial charge in [0.1, 0.15) is 4.88 Å². The zero-order valence-electron chi connectivity index (χ0n) is 9.71. The highest BCUT2D eigenvalue weighted by molar-refractivity contribution is 9.09. The van der Waals surface area contributed by atoms with Crippen molar-refractivity contribution in [3.8, 4) is 0 Å². The van der Waals surface area contributed by atoms with E-state index < -0.39 is 0 Å². The third-order valence-electron chi connectivity index (χ3n) is 2.36. The van der Waals surface area contributed by atoms with E-state index in [0.717, 1.165) is 23.3 Å². The Morgan fingerprint density at radius 1 is 1.56 bits per heavy atom. The SMILES string of the molecule is Cc1nnsc1C(=O)NCC(C)(C)CCBr. The molecule has 0 fully saturated rings. The first-order valence-corrected chi connectivity index (χ1v) is 6.99. The fraction of sp³-hybridized carbons (Fsp3) is 0.700. The summed E-state index contributed by atoms with van der Waals surface area (Å²) >= 11 is 4.55. The zero-order chi connectivity index (χ0) is 12.2. The monoisotopic (exact) mass is 305 g/mol. The molecule has 16 heavy (non-hydrogen) atoms. The summed E-state index contributed by atoms with van der Waals surface area (Å²) in [5.41, 5.74) is 0.798. The van der Waals surface area contributed by atoms with Gasteiger partial charge in [-0.3, -0.25) is 4.79 Å². The van der Waals surface area contributed by atoms with Crippen LogP contribution in [0.1, 0.15) is 35.6 Å². The van der Waals surface area contributed by atoms with Crippen molar-refractivity contribution in [3.05, 3.63) is 10.6 Å². The molecular formula is C10H16BrN3OS. The van der Waals surface area contributed by atoms with E-state index in [4.69, 9.17) is 0 Å². The first-order valence-electron chi connectivity index (χ1n) is 5.09. The van der Waals surface area contributed by atoms with Crippen LogP contribution in [0, 0.1) is 12.3 Å². The maximum absolute atomic E-state index is 11.8.